The van der Waals surface area contributed by atoms with Crippen molar-refractivity contribution in [1.82, 2.24) is 10.4 Å². The van der Waals surface area contributed by atoms with Crippen molar-refractivity contribution < 1.29 is 14.3 Å². The van der Waals surface area contributed by atoms with Crippen molar-refractivity contribution in [2.75, 3.05) is 6.54 Å². The van der Waals surface area contributed by atoms with Crippen LogP contribution in [0.15, 0.2) is 24.8 Å². The van der Waals surface area contributed by atoms with Gasteiger partial charge in [0.05, 0.1) is 0 Å². The summed E-state index contributed by atoms with van der Waals surface area (Å²) in [6.45, 7) is 11.5. The van der Waals surface area contributed by atoms with Crippen LogP contribution in [0.5, 0.6) is 0 Å². The molecule has 0 aromatic heterocycles. The van der Waals surface area contributed by atoms with Crippen LogP contribution >= 0.6 is 0 Å². The molecule has 1 fully saturated rings. The van der Waals surface area contributed by atoms with Crippen molar-refractivity contribution in [3.63, 3.8) is 0 Å². The van der Waals surface area contributed by atoms with Crippen LogP contribution < -0.4 is 5.43 Å². The van der Waals surface area contributed by atoms with Gasteiger partial charge in [-0.15, -0.1) is 0 Å². The minimum atomic E-state index is -0.468. The van der Waals surface area contributed by atoms with E-state index in [9.17, 15) is 9.59 Å². The van der Waals surface area contributed by atoms with E-state index >= 15 is 0 Å². The van der Waals surface area contributed by atoms with Crippen molar-refractivity contribution in [2.45, 2.75) is 45.3 Å². The highest BCUT2D eigenvalue weighted by Gasteiger charge is 2.29. The molecule has 5 nitrogen and oxygen atoms in total. The molecule has 1 aliphatic rings. The summed E-state index contributed by atoms with van der Waals surface area (Å²) in [6.07, 6.45) is 3.04. The molecule has 0 saturated carbocycles. The van der Waals surface area contributed by atoms with E-state index in [1.165, 1.54) is 5.01 Å². The third kappa shape index (κ3) is 4.21. The first-order valence-electron chi connectivity index (χ1n) is 6.57. The van der Waals surface area contributed by atoms with Gasteiger partial charge in [0.25, 0.3) is 0 Å². The van der Waals surface area contributed by atoms with Gasteiger partial charge in [-0.2, -0.15) is 0 Å². The molecule has 5 heteroatoms. The SMILES string of the molecule is C=CC(=C)C(C)OC(=O)C1CCCN(C(=O)CC)N1. The molecule has 2 atom stereocenters. The molecule has 2 unspecified atom stereocenters. The Kier molecular flexibility index (Phi) is 5.76. The van der Waals surface area contributed by atoms with Crippen molar-refractivity contribution in [2.24, 2.45) is 0 Å². The molecule has 106 valence electrons. The zero-order valence-corrected chi connectivity index (χ0v) is 11.6. The first-order chi connectivity index (χ1) is 8.99. The van der Waals surface area contributed by atoms with Crippen LogP contribution in [-0.2, 0) is 14.3 Å². The summed E-state index contributed by atoms with van der Waals surface area (Å²) in [5.74, 6) is -0.370. The van der Waals surface area contributed by atoms with Crippen molar-refractivity contribution in [3.05, 3.63) is 24.8 Å². The van der Waals surface area contributed by atoms with E-state index < -0.39 is 12.1 Å². The van der Waals surface area contributed by atoms with Gasteiger partial charge in [-0.25, -0.2) is 5.43 Å². The molecular formula is C14H22N2O3. The van der Waals surface area contributed by atoms with Crippen molar-refractivity contribution in [3.8, 4) is 0 Å². The van der Waals surface area contributed by atoms with Crippen LogP contribution in [0.2, 0.25) is 0 Å². The van der Waals surface area contributed by atoms with E-state index in [4.69, 9.17) is 4.74 Å². The Morgan fingerprint density at radius 3 is 2.84 bits per heavy atom. The molecule has 0 bridgehead atoms. The first-order valence-corrected chi connectivity index (χ1v) is 6.57. The van der Waals surface area contributed by atoms with Gasteiger partial charge in [0.1, 0.15) is 12.1 Å². The molecule has 1 amide bonds. The van der Waals surface area contributed by atoms with Gasteiger partial charge in [0.2, 0.25) is 5.91 Å². The molecule has 19 heavy (non-hydrogen) atoms. The number of hydrazine groups is 1. The average Bonchev–Trinajstić information content (AvgIpc) is 2.45. The standard InChI is InChI=1S/C14H22N2O3/c1-5-10(3)11(4)19-14(18)12-8-7-9-16(15-12)13(17)6-2/h5,11-12,15H,1,3,6-9H2,2,4H3. The second-order valence-electron chi connectivity index (χ2n) is 4.58. The quantitative estimate of drug-likeness (QED) is 0.606. The van der Waals surface area contributed by atoms with E-state index in [0.717, 1.165) is 6.42 Å². The summed E-state index contributed by atoms with van der Waals surface area (Å²) >= 11 is 0. The molecule has 0 aliphatic carbocycles. The number of nitrogens with zero attached hydrogens (tertiary/aromatic N) is 1. The van der Waals surface area contributed by atoms with Crippen molar-refractivity contribution in [1.29, 1.82) is 0 Å². The third-order valence-corrected chi connectivity index (χ3v) is 3.15. The molecule has 1 N–H and O–H groups in total. The smallest absolute Gasteiger partial charge is 0.325 e. The van der Waals surface area contributed by atoms with Crippen LogP contribution in [0.4, 0.5) is 0 Å². The largest absolute Gasteiger partial charge is 0.457 e. The maximum atomic E-state index is 12.0. The number of ether oxygens (including phenoxy) is 1. The summed E-state index contributed by atoms with van der Waals surface area (Å²) in [4.78, 5) is 23.6. The Morgan fingerprint density at radius 2 is 2.26 bits per heavy atom. The number of hydrogen-bond donors (Lipinski definition) is 1. The number of carbonyl (C=O) groups excluding carboxylic acids is 2. The van der Waals surface area contributed by atoms with Gasteiger partial charge >= 0.3 is 5.97 Å². The lowest BCUT2D eigenvalue weighted by Crippen LogP contribution is -2.55. The number of nitrogens with one attached hydrogen (secondary N) is 1. The number of rotatable bonds is 5. The minimum absolute atomic E-state index is 0.0129. The Balaban J connectivity index is 2.55. The lowest BCUT2D eigenvalue weighted by molar-refractivity contribution is -0.154. The van der Waals surface area contributed by atoms with E-state index in [-0.39, 0.29) is 11.9 Å². The molecule has 1 rings (SSSR count). The first kappa shape index (κ1) is 15.4. The highest BCUT2D eigenvalue weighted by atomic mass is 16.5. The second kappa shape index (κ2) is 7.09. The minimum Gasteiger partial charge on any atom is -0.457 e. The summed E-state index contributed by atoms with van der Waals surface area (Å²) in [5.41, 5.74) is 3.58. The Morgan fingerprint density at radius 1 is 1.58 bits per heavy atom. The van der Waals surface area contributed by atoms with Gasteiger partial charge in [-0.3, -0.25) is 14.6 Å². The normalized spacial score (nSPS) is 20.5. The molecule has 0 radical (unpaired) electrons. The number of esters is 1. The van der Waals surface area contributed by atoms with Crippen LogP contribution in [-0.4, -0.2) is 35.6 Å². The monoisotopic (exact) mass is 266 g/mol. The topological polar surface area (TPSA) is 58.6 Å². The second-order valence-corrected chi connectivity index (χ2v) is 4.58. The maximum absolute atomic E-state index is 12.0. The zero-order valence-electron chi connectivity index (χ0n) is 11.6. The maximum Gasteiger partial charge on any atom is 0.325 e. The van der Waals surface area contributed by atoms with Gasteiger partial charge in [0, 0.05) is 13.0 Å². The molecule has 1 heterocycles. The van der Waals surface area contributed by atoms with Gasteiger partial charge in [-0.05, 0) is 25.3 Å². The summed E-state index contributed by atoms with van der Waals surface area (Å²) in [7, 11) is 0. The molecule has 0 aromatic rings. The number of amides is 1. The fraction of sp³-hybridized carbons (Fsp3) is 0.571. The Bertz CT molecular complexity index is 379. The highest BCUT2D eigenvalue weighted by molar-refractivity contribution is 5.79. The van der Waals surface area contributed by atoms with Crippen LogP contribution in [0.3, 0.4) is 0 Å². The van der Waals surface area contributed by atoms with E-state index in [1.807, 2.05) is 0 Å². The zero-order chi connectivity index (χ0) is 14.4. The Hall–Kier alpha value is -1.62. The van der Waals surface area contributed by atoms with Crippen LogP contribution in [0.25, 0.3) is 0 Å². The molecule has 0 aromatic carbocycles. The highest BCUT2D eigenvalue weighted by Crippen LogP contribution is 2.13. The van der Waals surface area contributed by atoms with Crippen LogP contribution in [0.1, 0.15) is 33.1 Å². The Labute approximate surface area is 114 Å². The van der Waals surface area contributed by atoms with Crippen molar-refractivity contribution >= 4 is 11.9 Å². The predicted octanol–water partition coefficient (Wildman–Crippen LogP) is 1.57. The molecule has 0 spiro atoms. The summed E-state index contributed by atoms with van der Waals surface area (Å²) in [6, 6.07) is -0.468. The average molecular weight is 266 g/mol. The van der Waals surface area contributed by atoms with Gasteiger partial charge in [0.15, 0.2) is 0 Å². The molecular weight excluding hydrogens is 244 g/mol. The summed E-state index contributed by atoms with van der Waals surface area (Å²) in [5, 5.41) is 1.50. The van der Waals surface area contributed by atoms with E-state index in [0.29, 0.717) is 25.0 Å². The fourth-order valence-corrected chi connectivity index (χ4v) is 1.83. The predicted molar refractivity (Wildman–Crippen MR) is 73.1 cm³/mol. The summed E-state index contributed by atoms with van der Waals surface area (Å²) < 4.78 is 5.29. The molecule has 1 aliphatic heterocycles. The lowest BCUT2D eigenvalue weighted by Gasteiger charge is -2.33. The van der Waals surface area contributed by atoms with E-state index in [1.54, 1.807) is 19.9 Å². The van der Waals surface area contributed by atoms with Crippen LogP contribution in [0, 0.1) is 0 Å². The number of hydrogen-bond acceptors (Lipinski definition) is 4. The lowest BCUT2D eigenvalue weighted by atomic mass is 10.1. The van der Waals surface area contributed by atoms with Gasteiger partial charge < -0.3 is 4.74 Å². The third-order valence-electron chi connectivity index (χ3n) is 3.15. The number of carbonyl (C=O) groups is 2. The van der Waals surface area contributed by atoms with E-state index in [2.05, 4.69) is 18.6 Å². The molecule has 1 saturated heterocycles. The fourth-order valence-electron chi connectivity index (χ4n) is 1.83. The van der Waals surface area contributed by atoms with Gasteiger partial charge in [-0.1, -0.05) is 26.2 Å².